The smallest absolute Gasteiger partial charge is 0.329 e. The molecule has 1 aliphatic carbocycles. The molecule has 4 aliphatic rings. The minimum Gasteiger partial charge on any atom is -0.375 e. The highest BCUT2D eigenvalue weighted by Gasteiger charge is 2.37. The van der Waals surface area contributed by atoms with E-state index in [0.717, 1.165) is 75.7 Å². The summed E-state index contributed by atoms with van der Waals surface area (Å²) in [6.07, 6.45) is 8.32. The normalized spacial score (nSPS) is 28.9. The lowest BCUT2D eigenvalue weighted by Crippen LogP contribution is -2.51. The number of imide groups is 1. The molecule has 4 heterocycles. The molecule has 194 valence electrons. The van der Waals surface area contributed by atoms with Gasteiger partial charge in [0, 0.05) is 19.5 Å². The van der Waals surface area contributed by atoms with Crippen molar-refractivity contribution in [2.45, 2.75) is 81.6 Å². The molecule has 4 fully saturated rings. The van der Waals surface area contributed by atoms with Crippen LogP contribution in [0.4, 0.5) is 0 Å². The Bertz CT molecular complexity index is 1200. The van der Waals surface area contributed by atoms with E-state index in [-0.39, 0.29) is 18.0 Å². The van der Waals surface area contributed by atoms with Gasteiger partial charge in [-0.3, -0.25) is 24.0 Å². The number of hydrogen-bond acceptors (Lipinski definition) is 6. The number of fused-ring (bicyclic) bond motifs is 1. The second-order valence-corrected chi connectivity index (χ2v) is 11.1. The van der Waals surface area contributed by atoms with Crippen LogP contribution >= 0.6 is 0 Å². The first kappa shape index (κ1) is 23.9. The summed E-state index contributed by atoms with van der Waals surface area (Å²) in [5.41, 5.74) is 2.66. The molecular weight excluding hydrogens is 458 g/mol. The fraction of sp³-hybridized carbons (Fsp3) is 0.667. The lowest BCUT2D eigenvalue weighted by Gasteiger charge is -2.46. The SMILES string of the molecule is Cn1c(=O)n(C2CCC(=O)NC2=O)c2ccc(C3CCN(C4CC(OC5CCNCC5)C4)CC3)cc21. The quantitative estimate of drug-likeness (QED) is 0.614. The van der Waals surface area contributed by atoms with E-state index in [1.165, 1.54) is 5.56 Å². The van der Waals surface area contributed by atoms with Crippen molar-refractivity contribution >= 4 is 22.8 Å². The number of piperidine rings is 3. The second kappa shape index (κ2) is 9.76. The Morgan fingerprint density at radius 3 is 2.39 bits per heavy atom. The fourth-order valence-corrected chi connectivity index (χ4v) is 6.61. The number of likely N-dealkylation sites (tertiary alicyclic amines) is 1. The van der Waals surface area contributed by atoms with Gasteiger partial charge in [-0.2, -0.15) is 0 Å². The Morgan fingerprint density at radius 1 is 0.917 bits per heavy atom. The van der Waals surface area contributed by atoms with Gasteiger partial charge in [0.1, 0.15) is 6.04 Å². The number of imidazole rings is 1. The zero-order chi connectivity index (χ0) is 24.8. The maximum Gasteiger partial charge on any atom is 0.329 e. The molecule has 2 aromatic rings. The molecule has 1 aromatic heterocycles. The first-order valence-corrected chi connectivity index (χ1v) is 13.6. The highest BCUT2D eigenvalue weighted by atomic mass is 16.5. The van der Waals surface area contributed by atoms with E-state index in [4.69, 9.17) is 4.74 Å². The fourth-order valence-electron chi connectivity index (χ4n) is 6.61. The van der Waals surface area contributed by atoms with Gasteiger partial charge in [-0.1, -0.05) is 6.07 Å². The van der Waals surface area contributed by atoms with Crippen LogP contribution in [0.2, 0.25) is 0 Å². The van der Waals surface area contributed by atoms with Crippen LogP contribution in [0.3, 0.4) is 0 Å². The van der Waals surface area contributed by atoms with E-state index < -0.39 is 11.9 Å². The van der Waals surface area contributed by atoms with Gasteiger partial charge in [0.2, 0.25) is 11.8 Å². The van der Waals surface area contributed by atoms with Crippen molar-refractivity contribution < 1.29 is 14.3 Å². The molecule has 9 heteroatoms. The van der Waals surface area contributed by atoms with Crippen molar-refractivity contribution in [1.29, 1.82) is 0 Å². The van der Waals surface area contributed by atoms with Crippen molar-refractivity contribution in [3.05, 3.63) is 34.2 Å². The lowest BCUT2D eigenvalue weighted by atomic mass is 9.83. The molecule has 1 aromatic carbocycles. The summed E-state index contributed by atoms with van der Waals surface area (Å²) in [4.78, 5) is 39.7. The summed E-state index contributed by atoms with van der Waals surface area (Å²) in [7, 11) is 1.76. The molecule has 3 saturated heterocycles. The Morgan fingerprint density at radius 2 is 1.67 bits per heavy atom. The maximum absolute atomic E-state index is 13.1. The molecule has 0 spiro atoms. The predicted octanol–water partition coefficient (Wildman–Crippen LogP) is 1.80. The van der Waals surface area contributed by atoms with Crippen LogP contribution in [0.1, 0.15) is 68.9 Å². The lowest BCUT2D eigenvalue weighted by molar-refractivity contribution is -0.135. The molecule has 1 atom stereocenters. The van der Waals surface area contributed by atoms with Crippen LogP contribution in [0, 0.1) is 0 Å². The number of nitrogens with zero attached hydrogens (tertiary/aromatic N) is 3. The summed E-state index contributed by atoms with van der Waals surface area (Å²) >= 11 is 0. The summed E-state index contributed by atoms with van der Waals surface area (Å²) in [5, 5.41) is 5.78. The molecule has 0 bridgehead atoms. The number of carbonyl (C=O) groups is 2. The number of benzene rings is 1. The summed E-state index contributed by atoms with van der Waals surface area (Å²) in [6.45, 7) is 4.36. The molecule has 1 saturated carbocycles. The predicted molar refractivity (Wildman–Crippen MR) is 136 cm³/mol. The molecule has 9 nitrogen and oxygen atoms in total. The number of nitrogens with one attached hydrogen (secondary N) is 2. The van der Waals surface area contributed by atoms with Crippen LogP contribution in [0.15, 0.2) is 23.0 Å². The van der Waals surface area contributed by atoms with E-state index in [1.807, 2.05) is 6.07 Å². The first-order chi connectivity index (χ1) is 17.5. The highest BCUT2D eigenvalue weighted by molar-refractivity contribution is 6.00. The van der Waals surface area contributed by atoms with E-state index >= 15 is 0 Å². The van der Waals surface area contributed by atoms with Gasteiger partial charge < -0.3 is 15.0 Å². The van der Waals surface area contributed by atoms with Gasteiger partial charge in [-0.05, 0) is 94.7 Å². The number of hydrogen-bond donors (Lipinski definition) is 2. The summed E-state index contributed by atoms with van der Waals surface area (Å²) in [6, 6.07) is 6.25. The number of aryl methyl sites for hydroxylation is 1. The minimum absolute atomic E-state index is 0.210. The Hall–Kier alpha value is -2.49. The number of ether oxygens (including phenoxy) is 1. The minimum atomic E-state index is -0.641. The van der Waals surface area contributed by atoms with Gasteiger partial charge >= 0.3 is 5.69 Å². The molecule has 3 aliphatic heterocycles. The Kier molecular flexibility index (Phi) is 6.47. The average Bonchev–Trinajstić information content (AvgIpc) is 3.11. The maximum atomic E-state index is 13.1. The van der Waals surface area contributed by atoms with Crippen molar-refractivity contribution in [2.75, 3.05) is 26.2 Å². The summed E-state index contributed by atoms with van der Waals surface area (Å²) < 4.78 is 9.51. The molecule has 6 rings (SSSR count). The third kappa shape index (κ3) is 4.41. The molecule has 36 heavy (non-hydrogen) atoms. The van der Waals surface area contributed by atoms with Crippen LogP contribution in [0.25, 0.3) is 11.0 Å². The Balaban J connectivity index is 1.09. The van der Waals surface area contributed by atoms with E-state index in [9.17, 15) is 14.4 Å². The van der Waals surface area contributed by atoms with Crippen LogP contribution in [0.5, 0.6) is 0 Å². The van der Waals surface area contributed by atoms with E-state index in [2.05, 4.69) is 27.7 Å². The monoisotopic (exact) mass is 495 g/mol. The molecule has 0 radical (unpaired) electrons. The Labute approximate surface area is 211 Å². The van der Waals surface area contributed by atoms with E-state index in [1.54, 1.807) is 16.2 Å². The highest BCUT2D eigenvalue weighted by Crippen LogP contribution is 2.36. The van der Waals surface area contributed by atoms with Gasteiger partial charge in [0.25, 0.3) is 0 Å². The third-order valence-corrected chi connectivity index (χ3v) is 8.89. The van der Waals surface area contributed by atoms with Gasteiger partial charge in [-0.25, -0.2) is 4.79 Å². The van der Waals surface area contributed by atoms with Gasteiger partial charge in [0.05, 0.1) is 23.2 Å². The number of carbonyl (C=O) groups excluding carboxylic acids is 2. The van der Waals surface area contributed by atoms with Crippen molar-refractivity contribution in [2.24, 2.45) is 7.05 Å². The van der Waals surface area contributed by atoms with Crippen molar-refractivity contribution in [3.8, 4) is 0 Å². The molecular formula is C27H37N5O4. The largest absolute Gasteiger partial charge is 0.375 e. The van der Waals surface area contributed by atoms with Gasteiger partial charge in [-0.15, -0.1) is 0 Å². The standard InChI is InChI=1S/C27H37N5O4/c1-30-24-14-18(2-3-22(24)32(27(30)35)23-4-5-25(33)29-26(23)34)17-8-12-31(13-9-17)19-15-21(16-19)36-20-6-10-28-11-7-20/h2-3,14,17,19-21,23,28H,4-13,15-16H2,1H3,(H,29,33,34). The van der Waals surface area contributed by atoms with Crippen LogP contribution < -0.4 is 16.3 Å². The first-order valence-electron chi connectivity index (χ1n) is 13.6. The zero-order valence-electron chi connectivity index (χ0n) is 21.1. The average molecular weight is 496 g/mol. The third-order valence-electron chi connectivity index (χ3n) is 8.89. The van der Waals surface area contributed by atoms with Gasteiger partial charge in [0.15, 0.2) is 0 Å². The van der Waals surface area contributed by atoms with E-state index in [0.29, 0.717) is 30.6 Å². The van der Waals surface area contributed by atoms with Crippen molar-refractivity contribution in [3.63, 3.8) is 0 Å². The van der Waals surface area contributed by atoms with Crippen molar-refractivity contribution in [1.82, 2.24) is 24.7 Å². The number of aromatic nitrogens is 2. The zero-order valence-corrected chi connectivity index (χ0v) is 21.1. The van der Waals surface area contributed by atoms with Crippen LogP contribution in [-0.4, -0.2) is 70.3 Å². The number of amides is 2. The summed E-state index contributed by atoms with van der Waals surface area (Å²) in [5.74, 6) is -0.192. The topological polar surface area (TPSA) is 97.6 Å². The molecule has 2 N–H and O–H groups in total. The molecule has 2 amide bonds. The molecule has 1 unspecified atom stereocenters. The van der Waals surface area contributed by atoms with Crippen LogP contribution in [-0.2, 0) is 21.4 Å². The number of rotatable bonds is 5. The second-order valence-electron chi connectivity index (χ2n) is 11.1.